The van der Waals surface area contributed by atoms with Crippen LogP contribution in [-0.2, 0) is 11.0 Å². The number of nitrogens with two attached hydrogens (primary N) is 1. The van der Waals surface area contributed by atoms with Gasteiger partial charge in [-0.25, -0.2) is 18.4 Å². The summed E-state index contributed by atoms with van der Waals surface area (Å²) in [7, 11) is 0. The smallest absolute Gasteiger partial charge is 0.433 e. The van der Waals surface area contributed by atoms with Gasteiger partial charge in [0.05, 0.1) is 17.4 Å². The summed E-state index contributed by atoms with van der Waals surface area (Å²) in [6, 6.07) is 3.34. The highest BCUT2D eigenvalue weighted by molar-refractivity contribution is 5.98. The first-order chi connectivity index (χ1) is 13.1. The van der Waals surface area contributed by atoms with E-state index in [1.165, 1.54) is 0 Å². The van der Waals surface area contributed by atoms with Gasteiger partial charge in [0.15, 0.2) is 18.1 Å². The minimum absolute atomic E-state index is 0.0367. The molecule has 1 amide bonds. The first-order valence-electron chi connectivity index (χ1n) is 7.41. The predicted octanol–water partition coefficient (Wildman–Crippen LogP) is 0.120. The molecule has 9 nitrogen and oxygen atoms in total. The predicted molar refractivity (Wildman–Crippen MR) is 84.9 cm³/mol. The topological polar surface area (TPSA) is 123 Å². The number of rotatable bonds is 2. The van der Waals surface area contributed by atoms with Crippen LogP contribution >= 0.6 is 0 Å². The second kappa shape index (κ2) is 6.41. The molecule has 0 fully saturated rings. The Labute approximate surface area is 152 Å². The highest BCUT2D eigenvalue weighted by Crippen LogP contribution is 2.35. The average Bonchev–Trinajstić information content (AvgIpc) is 2.60. The van der Waals surface area contributed by atoms with Gasteiger partial charge < -0.3 is 10.6 Å². The minimum atomic E-state index is -5.09. The number of alkyl halides is 3. The number of benzene rings is 1. The van der Waals surface area contributed by atoms with Gasteiger partial charge >= 0.3 is 11.9 Å². The molecular formula is C15H9F4N5O4. The standard InChI is InChI=1S/C15H9F4N5O4/c16-7-3-10-9(22(2-1-20)13(26)6-28-10)4-8(7)23-12(25)5-11(15(17,18)19)24(21)14(23)27/h3-5H,2,6,21H2. The third-order valence-electron chi connectivity index (χ3n) is 3.87. The van der Waals surface area contributed by atoms with Gasteiger partial charge in [-0.2, -0.15) is 18.4 Å². The molecule has 0 saturated carbocycles. The molecule has 0 saturated heterocycles. The van der Waals surface area contributed by atoms with Crippen LogP contribution in [0.3, 0.4) is 0 Å². The summed E-state index contributed by atoms with van der Waals surface area (Å²) in [5.74, 6) is 3.14. The number of fused-ring (bicyclic) bond motifs is 1. The Morgan fingerprint density at radius 1 is 1.18 bits per heavy atom. The van der Waals surface area contributed by atoms with Crippen molar-refractivity contribution in [2.45, 2.75) is 6.18 Å². The maximum atomic E-state index is 14.5. The highest BCUT2D eigenvalue weighted by atomic mass is 19.4. The molecule has 1 aliphatic rings. The second-order valence-corrected chi connectivity index (χ2v) is 5.55. The van der Waals surface area contributed by atoms with E-state index >= 15 is 0 Å². The van der Waals surface area contributed by atoms with Gasteiger partial charge in [0.1, 0.15) is 12.3 Å². The first-order valence-corrected chi connectivity index (χ1v) is 7.41. The Kier molecular flexibility index (Phi) is 4.34. The van der Waals surface area contributed by atoms with Crippen LogP contribution in [0.25, 0.3) is 5.69 Å². The molecule has 1 aromatic carbocycles. The van der Waals surface area contributed by atoms with Crippen molar-refractivity contribution in [1.82, 2.24) is 9.24 Å². The van der Waals surface area contributed by atoms with Crippen molar-refractivity contribution in [3.63, 3.8) is 0 Å². The molecule has 13 heteroatoms. The molecule has 2 N–H and O–H groups in total. The molecule has 2 aromatic rings. The van der Waals surface area contributed by atoms with E-state index in [1.54, 1.807) is 6.07 Å². The van der Waals surface area contributed by atoms with Crippen molar-refractivity contribution in [1.29, 1.82) is 5.26 Å². The Balaban J connectivity index is 2.28. The van der Waals surface area contributed by atoms with E-state index in [2.05, 4.69) is 0 Å². The fraction of sp³-hybridized carbons (Fsp3) is 0.200. The third-order valence-corrected chi connectivity index (χ3v) is 3.87. The zero-order valence-corrected chi connectivity index (χ0v) is 13.7. The van der Waals surface area contributed by atoms with Gasteiger partial charge in [0.2, 0.25) is 0 Å². The average molecular weight is 399 g/mol. The molecule has 0 aliphatic carbocycles. The lowest BCUT2D eigenvalue weighted by Crippen LogP contribution is -2.45. The van der Waals surface area contributed by atoms with Crippen LogP contribution in [0.1, 0.15) is 5.69 Å². The number of nitrogens with zero attached hydrogens (tertiary/aromatic N) is 4. The van der Waals surface area contributed by atoms with Crippen LogP contribution in [0.5, 0.6) is 5.75 Å². The van der Waals surface area contributed by atoms with Crippen LogP contribution in [0.15, 0.2) is 27.8 Å². The third kappa shape index (κ3) is 2.94. The number of halogens is 4. The molecule has 0 bridgehead atoms. The second-order valence-electron chi connectivity index (χ2n) is 5.55. The van der Waals surface area contributed by atoms with Crippen LogP contribution in [0.2, 0.25) is 0 Å². The van der Waals surface area contributed by atoms with Crippen molar-refractivity contribution >= 4 is 11.6 Å². The number of aromatic nitrogens is 2. The van der Waals surface area contributed by atoms with Crippen LogP contribution in [-0.4, -0.2) is 28.3 Å². The molecular weight excluding hydrogens is 390 g/mol. The first kappa shape index (κ1) is 19.0. The number of hydrogen-bond acceptors (Lipinski definition) is 6. The molecule has 146 valence electrons. The highest BCUT2D eigenvalue weighted by Gasteiger charge is 2.36. The maximum Gasteiger partial charge on any atom is 0.433 e. The number of nitrogen functional groups attached to an aromatic ring is 1. The molecule has 0 radical (unpaired) electrons. The lowest BCUT2D eigenvalue weighted by atomic mass is 10.2. The Morgan fingerprint density at radius 3 is 2.46 bits per heavy atom. The minimum Gasteiger partial charge on any atom is -0.481 e. The number of anilines is 1. The van der Waals surface area contributed by atoms with Crippen molar-refractivity contribution in [3.8, 4) is 17.5 Å². The SMILES string of the molecule is N#CCN1C(=O)COc2cc(F)c(-n3c(=O)cc(C(F)(F)F)n(N)c3=O)cc21. The van der Waals surface area contributed by atoms with Gasteiger partial charge in [-0.05, 0) is 6.07 Å². The molecule has 0 unspecified atom stereocenters. The molecule has 0 spiro atoms. The van der Waals surface area contributed by atoms with E-state index in [4.69, 9.17) is 15.8 Å². The van der Waals surface area contributed by atoms with E-state index in [-0.39, 0.29) is 26.7 Å². The lowest BCUT2D eigenvalue weighted by Gasteiger charge is -2.28. The Morgan fingerprint density at radius 2 is 1.86 bits per heavy atom. The number of carbonyl (C=O) groups is 1. The summed E-state index contributed by atoms with van der Waals surface area (Å²) in [6.45, 7) is -0.910. The molecule has 3 rings (SSSR count). The lowest BCUT2D eigenvalue weighted by molar-refractivity contribution is -0.143. The van der Waals surface area contributed by atoms with E-state index in [0.717, 1.165) is 17.0 Å². The van der Waals surface area contributed by atoms with Gasteiger partial charge in [-0.1, -0.05) is 0 Å². The van der Waals surface area contributed by atoms with Gasteiger partial charge in [0.25, 0.3) is 11.5 Å². The van der Waals surface area contributed by atoms with E-state index in [1.807, 2.05) is 0 Å². The van der Waals surface area contributed by atoms with Gasteiger partial charge in [-0.15, -0.1) is 0 Å². The normalized spacial score (nSPS) is 13.7. The Bertz CT molecular complexity index is 1150. The number of ether oxygens (including phenoxy) is 1. The number of carbonyl (C=O) groups excluding carboxylic acids is 1. The fourth-order valence-electron chi connectivity index (χ4n) is 2.62. The van der Waals surface area contributed by atoms with Crippen molar-refractivity contribution in [2.24, 2.45) is 0 Å². The van der Waals surface area contributed by atoms with Crippen molar-refractivity contribution in [3.05, 3.63) is 50.5 Å². The summed E-state index contributed by atoms with van der Waals surface area (Å²) in [4.78, 5) is 37.1. The number of amides is 1. The summed E-state index contributed by atoms with van der Waals surface area (Å²) in [5, 5.41) is 8.84. The molecule has 0 atom stereocenters. The maximum absolute atomic E-state index is 14.5. The monoisotopic (exact) mass is 399 g/mol. The number of nitriles is 1. The molecule has 28 heavy (non-hydrogen) atoms. The summed E-state index contributed by atoms with van der Waals surface area (Å²) < 4.78 is 57.9. The van der Waals surface area contributed by atoms with E-state index in [0.29, 0.717) is 0 Å². The summed E-state index contributed by atoms with van der Waals surface area (Å²) in [6.07, 6.45) is -5.09. The fourth-order valence-corrected chi connectivity index (χ4v) is 2.62. The zero-order chi connectivity index (χ0) is 20.8. The Hall–Kier alpha value is -3.82. The van der Waals surface area contributed by atoms with E-state index in [9.17, 15) is 31.9 Å². The van der Waals surface area contributed by atoms with Gasteiger partial charge in [0, 0.05) is 12.1 Å². The number of hydrogen-bond donors (Lipinski definition) is 1. The molecule has 1 aliphatic heterocycles. The zero-order valence-electron chi connectivity index (χ0n) is 13.7. The van der Waals surface area contributed by atoms with Gasteiger partial charge in [-0.3, -0.25) is 14.5 Å². The van der Waals surface area contributed by atoms with Crippen LogP contribution in [0, 0.1) is 17.1 Å². The van der Waals surface area contributed by atoms with Crippen molar-refractivity contribution in [2.75, 3.05) is 23.9 Å². The van der Waals surface area contributed by atoms with E-state index < -0.39 is 53.7 Å². The molecule has 2 heterocycles. The molecule has 1 aromatic heterocycles. The summed E-state index contributed by atoms with van der Waals surface area (Å²) in [5.41, 5.74) is -5.77. The summed E-state index contributed by atoms with van der Waals surface area (Å²) >= 11 is 0. The quantitative estimate of drug-likeness (QED) is 0.435. The largest absolute Gasteiger partial charge is 0.481 e. The van der Waals surface area contributed by atoms with Crippen LogP contribution < -0.4 is 26.7 Å². The van der Waals surface area contributed by atoms with Crippen molar-refractivity contribution < 1.29 is 27.1 Å². The van der Waals surface area contributed by atoms with Crippen LogP contribution in [0.4, 0.5) is 23.2 Å².